The normalized spacial score (nSPS) is 10.1. The van der Waals surface area contributed by atoms with E-state index in [0.717, 1.165) is 5.56 Å². The summed E-state index contributed by atoms with van der Waals surface area (Å²) in [7, 11) is 1.59. The van der Waals surface area contributed by atoms with Gasteiger partial charge < -0.3 is 14.8 Å². The van der Waals surface area contributed by atoms with E-state index in [1.54, 1.807) is 20.1 Å². The molecule has 5 heteroatoms. The van der Waals surface area contributed by atoms with Crippen molar-refractivity contribution in [2.24, 2.45) is 0 Å². The second-order valence-electron chi connectivity index (χ2n) is 3.37. The molecular weight excluding hydrogens is 242 g/mol. The van der Waals surface area contributed by atoms with E-state index in [0.29, 0.717) is 23.9 Å². The van der Waals surface area contributed by atoms with Crippen molar-refractivity contribution in [1.82, 2.24) is 5.32 Å². The van der Waals surface area contributed by atoms with Crippen molar-refractivity contribution in [2.45, 2.75) is 13.5 Å². The van der Waals surface area contributed by atoms with Crippen LogP contribution in [0.5, 0.6) is 5.75 Å². The predicted molar refractivity (Wildman–Crippen MR) is 66.3 cm³/mol. The van der Waals surface area contributed by atoms with Gasteiger partial charge in [0.15, 0.2) is 0 Å². The number of rotatable bonds is 6. The number of carbonyl (C=O) groups is 1. The lowest BCUT2D eigenvalue weighted by molar-refractivity contribution is -0.142. The van der Waals surface area contributed by atoms with Gasteiger partial charge in [-0.15, -0.1) is 0 Å². The molecule has 0 saturated heterocycles. The van der Waals surface area contributed by atoms with E-state index >= 15 is 0 Å². The minimum Gasteiger partial charge on any atom is -0.497 e. The lowest BCUT2D eigenvalue weighted by atomic mass is 10.2. The molecule has 0 bridgehead atoms. The second kappa shape index (κ2) is 7.14. The van der Waals surface area contributed by atoms with E-state index in [1.807, 2.05) is 12.1 Å². The van der Waals surface area contributed by atoms with Gasteiger partial charge in [-0.1, -0.05) is 17.7 Å². The van der Waals surface area contributed by atoms with Crippen LogP contribution in [-0.2, 0) is 16.1 Å². The molecule has 0 spiro atoms. The Bertz CT molecular complexity index is 382. The summed E-state index contributed by atoms with van der Waals surface area (Å²) in [5.41, 5.74) is 0.914. The molecule has 0 amide bonds. The monoisotopic (exact) mass is 257 g/mol. The molecule has 1 rings (SSSR count). The highest BCUT2D eigenvalue weighted by atomic mass is 35.5. The SMILES string of the molecule is CCOC(=O)CNCc1ccc(OC)cc1Cl. The summed E-state index contributed by atoms with van der Waals surface area (Å²) in [6.07, 6.45) is 0. The third kappa shape index (κ3) is 4.63. The van der Waals surface area contributed by atoms with E-state index < -0.39 is 0 Å². The Morgan fingerprint density at radius 2 is 2.24 bits per heavy atom. The van der Waals surface area contributed by atoms with Crippen molar-refractivity contribution in [3.8, 4) is 5.75 Å². The fourth-order valence-corrected chi connectivity index (χ4v) is 1.55. The molecule has 1 aromatic carbocycles. The van der Waals surface area contributed by atoms with Crippen LogP contribution in [0, 0.1) is 0 Å². The molecule has 0 aliphatic carbocycles. The summed E-state index contributed by atoms with van der Waals surface area (Å²) in [6, 6.07) is 5.43. The molecule has 1 aromatic rings. The first kappa shape index (κ1) is 13.8. The van der Waals surface area contributed by atoms with Gasteiger partial charge in [0, 0.05) is 11.6 Å². The standard InChI is InChI=1S/C12H16ClNO3/c1-3-17-12(15)8-14-7-9-4-5-10(16-2)6-11(9)13/h4-6,14H,3,7-8H2,1-2H3. The van der Waals surface area contributed by atoms with Gasteiger partial charge in [0.2, 0.25) is 0 Å². The lowest BCUT2D eigenvalue weighted by Crippen LogP contribution is -2.24. The molecule has 0 unspecified atom stereocenters. The van der Waals surface area contributed by atoms with Crippen LogP contribution >= 0.6 is 11.6 Å². The van der Waals surface area contributed by atoms with Crippen molar-refractivity contribution in [3.63, 3.8) is 0 Å². The van der Waals surface area contributed by atoms with Gasteiger partial charge >= 0.3 is 5.97 Å². The highest BCUT2D eigenvalue weighted by molar-refractivity contribution is 6.31. The molecule has 0 radical (unpaired) electrons. The Morgan fingerprint density at radius 1 is 1.47 bits per heavy atom. The van der Waals surface area contributed by atoms with E-state index in [1.165, 1.54) is 0 Å². The molecule has 0 aromatic heterocycles. The number of esters is 1. The number of ether oxygens (including phenoxy) is 2. The summed E-state index contributed by atoms with van der Waals surface area (Å²) in [5, 5.41) is 3.58. The van der Waals surface area contributed by atoms with Crippen LogP contribution in [-0.4, -0.2) is 26.2 Å². The maximum atomic E-state index is 11.1. The first-order valence-corrected chi connectivity index (χ1v) is 5.74. The molecule has 0 heterocycles. The number of benzene rings is 1. The lowest BCUT2D eigenvalue weighted by Gasteiger charge is -2.08. The van der Waals surface area contributed by atoms with Crippen LogP contribution < -0.4 is 10.1 Å². The van der Waals surface area contributed by atoms with Crippen LogP contribution in [0.1, 0.15) is 12.5 Å². The Balaban J connectivity index is 2.44. The maximum Gasteiger partial charge on any atom is 0.319 e. The van der Waals surface area contributed by atoms with Gasteiger partial charge in [-0.2, -0.15) is 0 Å². The molecule has 0 atom stereocenters. The zero-order valence-corrected chi connectivity index (χ0v) is 10.7. The second-order valence-corrected chi connectivity index (χ2v) is 3.77. The van der Waals surface area contributed by atoms with Gasteiger partial charge in [0.25, 0.3) is 0 Å². The fourth-order valence-electron chi connectivity index (χ4n) is 1.31. The van der Waals surface area contributed by atoms with Crippen molar-refractivity contribution < 1.29 is 14.3 Å². The molecule has 0 saturated carbocycles. The molecule has 1 N–H and O–H groups in total. The van der Waals surface area contributed by atoms with Crippen molar-refractivity contribution >= 4 is 17.6 Å². The molecule has 17 heavy (non-hydrogen) atoms. The minimum atomic E-state index is -0.267. The number of carbonyl (C=O) groups excluding carboxylic acids is 1. The van der Waals surface area contributed by atoms with Gasteiger partial charge in [-0.3, -0.25) is 4.79 Å². The zero-order valence-electron chi connectivity index (χ0n) is 9.96. The largest absolute Gasteiger partial charge is 0.497 e. The van der Waals surface area contributed by atoms with E-state index in [-0.39, 0.29) is 12.5 Å². The Labute approximate surface area is 106 Å². The van der Waals surface area contributed by atoms with Crippen molar-refractivity contribution in [1.29, 1.82) is 0 Å². The van der Waals surface area contributed by atoms with E-state index in [4.69, 9.17) is 21.1 Å². The number of hydrogen-bond acceptors (Lipinski definition) is 4. The summed E-state index contributed by atoms with van der Waals surface area (Å²) < 4.78 is 9.84. The van der Waals surface area contributed by atoms with E-state index in [2.05, 4.69) is 5.32 Å². The van der Waals surface area contributed by atoms with Gasteiger partial charge in [-0.05, 0) is 24.6 Å². The molecule has 4 nitrogen and oxygen atoms in total. The molecule has 0 fully saturated rings. The number of methoxy groups -OCH3 is 1. The molecule has 0 aliphatic rings. The quantitative estimate of drug-likeness (QED) is 0.792. The molecular formula is C12H16ClNO3. The van der Waals surface area contributed by atoms with Crippen molar-refractivity contribution in [3.05, 3.63) is 28.8 Å². The summed E-state index contributed by atoms with van der Waals surface area (Å²) in [5.74, 6) is 0.446. The maximum absolute atomic E-state index is 11.1. The number of hydrogen-bond donors (Lipinski definition) is 1. The third-order valence-electron chi connectivity index (χ3n) is 2.15. The summed E-state index contributed by atoms with van der Waals surface area (Å²) >= 11 is 6.05. The van der Waals surface area contributed by atoms with Crippen LogP contribution in [0.3, 0.4) is 0 Å². The van der Waals surface area contributed by atoms with Crippen LogP contribution in [0.15, 0.2) is 18.2 Å². The predicted octanol–water partition coefficient (Wildman–Crippen LogP) is 2.00. The number of nitrogens with one attached hydrogen (secondary N) is 1. The Kier molecular flexibility index (Phi) is 5.80. The fraction of sp³-hybridized carbons (Fsp3) is 0.417. The van der Waals surface area contributed by atoms with Gasteiger partial charge in [0.05, 0.1) is 20.3 Å². The van der Waals surface area contributed by atoms with Crippen LogP contribution in [0.25, 0.3) is 0 Å². The van der Waals surface area contributed by atoms with Gasteiger partial charge in [-0.25, -0.2) is 0 Å². The summed E-state index contributed by atoms with van der Waals surface area (Å²) in [6.45, 7) is 2.86. The first-order chi connectivity index (χ1) is 8.17. The average molecular weight is 258 g/mol. The third-order valence-corrected chi connectivity index (χ3v) is 2.50. The number of halogens is 1. The average Bonchev–Trinajstić information content (AvgIpc) is 2.31. The highest BCUT2D eigenvalue weighted by Crippen LogP contribution is 2.21. The molecule has 0 aliphatic heterocycles. The zero-order chi connectivity index (χ0) is 12.7. The van der Waals surface area contributed by atoms with E-state index in [9.17, 15) is 4.79 Å². The van der Waals surface area contributed by atoms with Gasteiger partial charge in [0.1, 0.15) is 5.75 Å². The Hall–Kier alpha value is -1.26. The topological polar surface area (TPSA) is 47.6 Å². The smallest absolute Gasteiger partial charge is 0.319 e. The van der Waals surface area contributed by atoms with Crippen LogP contribution in [0.4, 0.5) is 0 Å². The van der Waals surface area contributed by atoms with Crippen molar-refractivity contribution in [2.75, 3.05) is 20.3 Å². The summed E-state index contributed by atoms with van der Waals surface area (Å²) in [4.78, 5) is 11.1. The minimum absolute atomic E-state index is 0.177. The highest BCUT2D eigenvalue weighted by Gasteiger charge is 2.04. The first-order valence-electron chi connectivity index (χ1n) is 5.36. The molecule has 94 valence electrons. The Morgan fingerprint density at radius 3 is 2.82 bits per heavy atom. The van der Waals surface area contributed by atoms with Crippen LogP contribution in [0.2, 0.25) is 5.02 Å².